The van der Waals surface area contributed by atoms with E-state index in [2.05, 4.69) is 5.32 Å². The number of rotatable bonds is 7. The number of thiophene rings is 1. The molecule has 2 amide bonds. The Balaban J connectivity index is 1.67. The minimum absolute atomic E-state index is 0.0196. The van der Waals surface area contributed by atoms with Crippen molar-refractivity contribution in [3.63, 3.8) is 0 Å². The number of hydrogen-bond donors (Lipinski definition) is 1. The highest BCUT2D eigenvalue weighted by atomic mass is 32.1. The molecule has 166 valence electrons. The van der Waals surface area contributed by atoms with Gasteiger partial charge in [0.1, 0.15) is 10.6 Å². The van der Waals surface area contributed by atoms with Gasteiger partial charge in [0.15, 0.2) is 0 Å². The molecule has 31 heavy (non-hydrogen) atoms. The third kappa shape index (κ3) is 5.71. The maximum absolute atomic E-state index is 12.7. The predicted molar refractivity (Wildman–Crippen MR) is 122 cm³/mol. The van der Waals surface area contributed by atoms with Crippen LogP contribution in [0.1, 0.15) is 31.1 Å². The number of anilines is 1. The van der Waals surface area contributed by atoms with Crippen molar-refractivity contribution in [2.75, 3.05) is 44.6 Å². The van der Waals surface area contributed by atoms with Crippen molar-refractivity contribution in [2.24, 2.45) is 5.92 Å². The lowest BCUT2D eigenvalue weighted by atomic mass is 10.0. The largest absolute Gasteiger partial charge is 0.462 e. The molecule has 1 fully saturated rings. The first-order valence-electron chi connectivity index (χ1n) is 10.6. The van der Waals surface area contributed by atoms with E-state index in [9.17, 15) is 14.4 Å². The van der Waals surface area contributed by atoms with Crippen LogP contribution in [0.15, 0.2) is 35.7 Å². The highest BCUT2D eigenvalue weighted by Crippen LogP contribution is 2.36. The number of carbonyl (C=O) groups excluding carboxylic acids is 3. The van der Waals surface area contributed by atoms with Crippen molar-refractivity contribution in [3.8, 4) is 11.1 Å². The summed E-state index contributed by atoms with van der Waals surface area (Å²) in [4.78, 5) is 41.3. The molecule has 7 nitrogen and oxygen atoms in total. The highest BCUT2D eigenvalue weighted by molar-refractivity contribution is 7.15. The summed E-state index contributed by atoms with van der Waals surface area (Å²) < 4.78 is 5.24. The van der Waals surface area contributed by atoms with Gasteiger partial charge in [-0.15, -0.1) is 11.3 Å². The van der Waals surface area contributed by atoms with E-state index in [-0.39, 0.29) is 30.9 Å². The summed E-state index contributed by atoms with van der Waals surface area (Å²) in [6.45, 7) is 8.56. The second-order valence-electron chi connectivity index (χ2n) is 7.74. The van der Waals surface area contributed by atoms with Crippen molar-refractivity contribution in [2.45, 2.75) is 20.8 Å². The molecule has 0 saturated carbocycles. The second kappa shape index (κ2) is 10.5. The molecule has 0 aliphatic carbocycles. The Morgan fingerprint density at radius 3 is 2.39 bits per heavy atom. The fourth-order valence-corrected chi connectivity index (χ4v) is 4.52. The number of nitrogens with zero attached hydrogens (tertiary/aromatic N) is 2. The molecular weight excluding hydrogens is 414 g/mol. The summed E-state index contributed by atoms with van der Waals surface area (Å²) in [7, 11) is 0. The Kier molecular flexibility index (Phi) is 7.81. The number of nitrogens with one attached hydrogen (secondary N) is 1. The summed E-state index contributed by atoms with van der Waals surface area (Å²) in [6, 6.07) is 9.58. The number of carbonyl (C=O) groups is 3. The lowest BCUT2D eigenvalue weighted by molar-refractivity contribution is -0.136. The minimum atomic E-state index is -0.446. The van der Waals surface area contributed by atoms with E-state index < -0.39 is 5.97 Å². The third-order valence-electron chi connectivity index (χ3n) is 5.15. The molecule has 2 aromatic rings. The third-order valence-corrected chi connectivity index (χ3v) is 6.05. The molecule has 0 bridgehead atoms. The van der Waals surface area contributed by atoms with Gasteiger partial charge in [-0.05, 0) is 12.5 Å². The number of ether oxygens (including phenoxy) is 1. The van der Waals surface area contributed by atoms with Crippen molar-refractivity contribution >= 4 is 34.1 Å². The van der Waals surface area contributed by atoms with E-state index >= 15 is 0 Å². The molecule has 8 heteroatoms. The smallest absolute Gasteiger partial charge is 0.341 e. The second-order valence-corrected chi connectivity index (χ2v) is 8.62. The van der Waals surface area contributed by atoms with Crippen LogP contribution >= 0.6 is 11.3 Å². The van der Waals surface area contributed by atoms with Gasteiger partial charge in [0.25, 0.3) is 0 Å². The molecule has 0 radical (unpaired) electrons. The number of esters is 1. The Morgan fingerprint density at radius 2 is 1.77 bits per heavy atom. The Labute approximate surface area is 187 Å². The Bertz CT molecular complexity index is 918. The highest BCUT2D eigenvalue weighted by Gasteiger charge is 2.26. The van der Waals surface area contributed by atoms with Gasteiger partial charge >= 0.3 is 5.97 Å². The lowest BCUT2D eigenvalue weighted by Crippen LogP contribution is -2.51. The first-order valence-corrected chi connectivity index (χ1v) is 11.4. The molecule has 1 aromatic carbocycles. The summed E-state index contributed by atoms with van der Waals surface area (Å²) in [5, 5.41) is 5.26. The standard InChI is InChI=1S/C23H29N3O4S/c1-4-30-23(29)20-18(17-8-6-5-7-9-17)15-31-21(20)24-19(27)14-25-10-12-26(13-11-25)22(28)16(2)3/h5-9,15-16H,4,10-14H2,1-3H3,(H,24,27). The normalized spacial score (nSPS) is 14.5. The van der Waals surface area contributed by atoms with Gasteiger partial charge in [-0.2, -0.15) is 0 Å². The molecular formula is C23H29N3O4S. The fourth-order valence-electron chi connectivity index (χ4n) is 3.55. The number of piperazine rings is 1. The lowest BCUT2D eigenvalue weighted by Gasteiger charge is -2.35. The van der Waals surface area contributed by atoms with Crippen LogP contribution < -0.4 is 5.32 Å². The van der Waals surface area contributed by atoms with Crippen LogP contribution in [0.2, 0.25) is 0 Å². The molecule has 1 aromatic heterocycles. The molecule has 2 heterocycles. The molecule has 1 aliphatic heterocycles. The van der Waals surface area contributed by atoms with Crippen LogP contribution in [0.3, 0.4) is 0 Å². The summed E-state index contributed by atoms with van der Waals surface area (Å²) >= 11 is 1.32. The van der Waals surface area contributed by atoms with E-state index in [1.54, 1.807) is 6.92 Å². The van der Waals surface area contributed by atoms with Gasteiger partial charge < -0.3 is 15.0 Å². The summed E-state index contributed by atoms with van der Waals surface area (Å²) in [5.41, 5.74) is 2.03. The predicted octanol–water partition coefficient (Wildman–Crippen LogP) is 3.33. The van der Waals surface area contributed by atoms with Crippen LogP contribution in [0.4, 0.5) is 5.00 Å². The van der Waals surface area contributed by atoms with Crippen molar-refractivity contribution in [3.05, 3.63) is 41.3 Å². The van der Waals surface area contributed by atoms with Gasteiger partial charge in [0.2, 0.25) is 11.8 Å². The molecule has 3 rings (SSSR count). The van der Waals surface area contributed by atoms with E-state index in [1.165, 1.54) is 11.3 Å². The first kappa shape index (κ1) is 23.0. The maximum Gasteiger partial charge on any atom is 0.341 e. The van der Waals surface area contributed by atoms with Gasteiger partial charge in [0, 0.05) is 43.0 Å². The zero-order valence-corrected chi connectivity index (χ0v) is 19.0. The first-order chi connectivity index (χ1) is 14.9. The SMILES string of the molecule is CCOC(=O)c1c(-c2ccccc2)csc1NC(=O)CN1CCN(C(=O)C(C)C)CC1. The number of amides is 2. The summed E-state index contributed by atoms with van der Waals surface area (Å²) in [6.07, 6.45) is 0. The van der Waals surface area contributed by atoms with Crippen LogP contribution in [0.5, 0.6) is 0 Å². The van der Waals surface area contributed by atoms with Crippen LogP contribution in [0, 0.1) is 5.92 Å². The van der Waals surface area contributed by atoms with Gasteiger partial charge in [-0.1, -0.05) is 44.2 Å². The number of hydrogen-bond acceptors (Lipinski definition) is 6. The Hall–Kier alpha value is -2.71. The van der Waals surface area contributed by atoms with Gasteiger partial charge in [0.05, 0.1) is 13.2 Å². The van der Waals surface area contributed by atoms with Crippen molar-refractivity contribution in [1.82, 2.24) is 9.80 Å². The fraction of sp³-hybridized carbons (Fsp3) is 0.435. The summed E-state index contributed by atoms with van der Waals surface area (Å²) in [5.74, 6) is -0.502. The monoisotopic (exact) mass is 443 g/mol. The van der Waals surface area contributed by atoms with Crippen LogP contribution in [-0.2, 0) is 14.3 Å². The zero-order chi connectivity index (χ0) is 22.4. The van der Waals surface area contributed by atoms with E-state index in [4.69, 9.17) is 4.74 Å². The van der Waals surface area contributed by atoms with E-state index in [0.717, 1.165) is 11.1 Å². The zero-order valence-electron chi connectivity index (χ0n) is 18.2. The average Bonchev–Trinajstić information content (AvgIpc) is 3.18. The molecule has 0 spiro atoms. The molecule has 0 atom stereocenters. The van der Waals surface area contributed by atoms with Crippen LogP contribution in [-0.4, -0.2) is 66.9 Å². The molecule has 0 unspecified atom stereocenters. The van der Waals surface area contributed by atoms with Gasteiger partial charge in [-0.3, -0.25) is 14.5 Å². The quantitative estimate of drug-likeness (QED) is 0.664. The minimum Gasteiger partial charge on any atom is -0.462 e. The maximum atomic E-state index is 12.7. The topological polar surface area (TPSA) is 79.0 Å². The number of benzene rings is 1. The van der Waals surface area contributed by atoms with E-state index in [0.29, 0.717) is 36.7 Å². The Morgan fingerprint density at radius 1 is 1.10 bits per heavy atom. The van der Waals surface area contributed by atoms with Crippen LogP contribution in [0.25, 0.3) is 11.1 Å². The molecule has 1 saturated heterocycles. The molecule has 1 N–H and O–H groups in total. The molecule has 1 aliphatic rings. The van der Waals surface area contributed by atoms with Crippen molar-refractivity contribution in [1.29, 1.82) is 0 Å². The average molecular weight is 444 g/mol. The van der Waals surface area contributed by atoms with E-state index in [1.807, 2.05) is 59.4 Å². The van der Waals surface area contributed by atoms with Gasteiger partial charge in [-0.25, -0.2) is 4.79 Å². The van der Waals surface area contributed by atoms with Crippen molar-refractivity contribution < 1.29 is 19.1 Å².